The quantitative estimate of drug-likeness (QED) is 0.617. The zero-order chi connectivity index (χ0) is 23.6. The Balaban J connectivity index is 2.14. The second-order valence-corrected chi connectivity index (χ2v) is 11.1. The molecule has 1 atom stereocenters. The van der Waals surface area contributed by atoms with Crippen LogP contribution in [0.25, 0.3) is 11.2 Å². The molecule has 0 spiro atoms. The maximum Gasteiger partial charge on any atom is 0.460 e. The first-order valence-electron chi connectivity index (χ1n) is 9.72. The molecule has 31 heavy (non-hydrogen) atoms. The van der Waals surface area contributed by atoms with Crippen molar-refractivity contribution < 1.29 is 27.9 Å². The average molecular weight is 455 g/mol. The molecule has 0 fully saturated rings. The molecule has 0 amide bonds. The summed E-state index contributed by atoms with van der Waals surface area (Å²) in [6.45, 7) is 11.6. The molecule has 0 aliphatic heterocycles. The summed E-state index contributed by atoms with van der Waals surface area (Å²) in [5, 5.41) is 0. The van der Waals surface area contributed by atoms with Gasteiger partial charge in [-0.2, -0.15) is 0 Å². The van der Waals surface area contributed by atoms with E-state index in [1.54, 1.807) is 53.0 Å². The Hall–Kier alpha value is -2.52. The average Bonchev–Trinajstić information content (AvgIpc) is 3.02. The number of carbonyl (C=O) groups excluding carboxylic acids is 2. The number of carbonyl (C=O) groups is 2. The largest absolute Gasteiger partial charge is 0.460 e. The van der Waals surface area contributed by atoms with Crippen molar-refractivity contribution in [2.24, 2.45) is 10.8 Å². The summed E-state index contributed by atoms with van der Waals surface area (Å²) in [4.78, 5) is 36.8. The van der Waals surface area contributed by atoms with Crippen LogP contribution in [-0.4, -0.2) is 43.9 Å². The maximum absolute atomic E-state index is 13.2. The number of hydrogen-bond donors (Lipinski definition) is 1. The third-order valence-electron chi connectivity index (χ3n) is 4.07. The smallest absolute Gasteiger partial charge is 0.382 e. The van der Waals surface area contributed by atoms with E-state index in [-0.39, 0.29) is 12.4 Å². The molecule has 2 N–H and O–H groups in total. The second-order valence-electron chi connectivity index (χ2n) is 9.30. The van der Waals surface area contributed by atoms with Gasteiger partial charge in [0.1, 0.15) is 11.8 Å². The lowest BCUT2D eigenvalue weighted by Crippen LogP contribution is -2.28. The van der Waals surface area contributed by atoms with Gasteiger partial charge in [0.15, 0.2) is 17.8 Å². The van der Waals surface area contributed by atoms with Crippen LogP contribution in [0.1, 0.15) is 48.5 Å². The van der Waals surface area contributed by atoms with E-state index in [0.29, 0.717) is 11.2 Å². The minimum Gasteiger partial charge on any atom is -0.382 e. The van der Waals surface area contributed by atoms with Crippen molar-refractivity contribution >= 4 is 36.5 Å². The fraction of sp³-hybridized carbons (Fsp3) is 0.632. The lowest BCUT2D eigenvalue weighted by molar-refractivity contribution is -0.148. The Labute approximate surface area is 181 Å². The van der Waals surface area contributed by atoms with E-state index in [9.17, 15) is 14.2 Å². The molecule has 0 aliphatic carbocycles. The lowest BCUT2D eigenvalue weighted by Gasteiger charge is -2.26. The normalized spacial score (nSPS) is 13.8. The Bertz CT molecular complexity index is 975. The first kappa shape index (κ1) is 24.7. The Morgan fingerprint density at radius 3 is 2.13 bits per heavy atom. The number of hydrogen-bond acceptors (Lipinski definition) is 10. The molecule has 2 aromatic heterocycles. The first-order chi connectivity index (χ1) is 14.1. The number of anilines is 1. The van der Waals surface area contributed by atoms with Crippen molar-refractivity contribution in [1.29, 1.82) is 0 Å². The lowest BCUT2D eigenvalue weighted by atomic mass is 9.98. The highest BCUT2D eigenvalue weighted by Gasteiger charge is 2.40. The molecule has 0 saturated heterocycles. The highest BCUT2D eigenvalue weighted by Crippen LogP contribution is 2.51. The number of nitrogens with two attached hydrogens (primary N) is 1. The van der Waals surface area contributed by atoms with Crippen LogP contribution in [0.3, 0.4) is 0 Å². The van der Waals surface area contributed by atoms with Crippen molar-refractivity contribution in [2.45, 2.75) is 61.1 Å². The van der Waals surface area contributed by atoms with Crippen LogP contribution in [0.4, 0.5) is 5.82 Å². The van der Waals surface area contributed by atoms with Gasteiger partial charge in [-0.3, -0.25) is 9.59 Å². The Morgan fingerprint density at radius 2 is 1.61 bits per heavy atom. The molecule has 0 saturated carbocycles. The van der Waals surface area contributed by atoms with Gasteiger partial charge in [-0.1, -0.05) is 0 Å². The molecule has 11 nitrogen and oxygen atoms in total. The van der Waals surface area contributed by atoms with Crippen molar-refractivity contribution in [3.05, 3.63) is 12.7 Å². The van der Waals surface area contributed by atoms with Gasteiger partial charge < -0.3 is 24.1 Å². The zero-order valence-electron chi connectivity index (χ0n) is 18.9. The van der Waals surface area contributed by atoms with Crippen molar-refractivity contribution in [1.82, 2.24) is 19.5 Å². The number of rotatable bonds is 7. The van der Waals surface area contributed by atoms with Crippen LogP contribution in [0, 0.1) is 10.8 Å². The molecule has 2 aromatic rings. The summed E-state index contributed by atoms with van der Waals surface area (Å²) in [6.07, 6.45) is 1.77. The summed E-state index contributed by atoms with van der Waals surface area (Å²) < 4.78 is 30.8. The van der Waals surface area contributed by atoms with E-state index in [4.69, 9.17) is 19.5 Å². The third-order valence-corrected chi connectivity index (χ3v) is 5.42. The molecule has 1 unspecified atom stereocenters. The van der Waals surface area contributed by atoms with E-state index < -0.39 is 42.8 Å². The molecule has 0 radical (unpaired) electrons. The molecule has 172 valence electrons. The monoisotopic (exact) mass is 455 g/mol. The predicted octanol–water partition coefficient (Wildman–Crippen LogP) is 3.14. The number of nitrogens with zero attached hydrogens (tertiary/aromatic N) is 4. The van der Waals surface area contributed by atoms with Crippen LogP contribution in [0.15, 0.2) is 12.7 Å². The highest BCUT2D eigenvalue weighted by molar-refractivity contribution is 7.54. The molecule has 12 heteroatoms. The number of imidazole rings is 1. The molecule has 0 bridgehead atoms. The van der Waals surface area contributed by atoms with Gasteiger partial charge in [0, 0.05) is 0 Å². The van der Waals surface area contributed by atoms with Crippen molar-refractivity contribution in [3.63, 3.8) is 0 Å². The maximum atomic E-state index is 13.2. The number of ether oxygens (including phenoxy) is 1. The van der Waals surface area contributed by atoms with Crippen LogP contribution < -0.4 is 5.73 Å². The van der Waals surface area contributed by atoms with E-state index in [1.807, 2.05) is 0 Å². The summed E-state index contributed by atoms with van der Waals surface area (Å²) in [6, 6.07) is 0. The van der Waals surface area contributed by atoms with Gasteiger partial charge in [0.25, 0.3) is 0 Å². The number of nitrogen functional groups attached to an aromatic ring is 1. The van der Waals surface area contributed by atoms with E-state index in [2.05, 4.69) is 15.0 Å². The van der Waals surface area contributed by atoms with Gasteiger partial charge >= 0.3 is 19.5 Å². The standard InChI is InChI=1S/C19H30N5O6P/c1-12(8-24-10-23-13-14(20)21-9-22-15(13)24)28-11-31(27,29-16(25)18(2,3)4)30-17(26)19(5,6)7/h9-10,12H,8,11H2,1-7H3,(H2,20,21,22). The van der Waals surface area contributed by atoms with Gasteiger partial charge in [0.2, 0.25) is 0 Å². The van der Waals surface area contributed by atoms with Crippen molar-refractivity contribution in [2.75, 3.05) is 12.1 Å². The van der Waals surface area contributed by atoms with Crippen LogP contribution in [-0.2, 0) is 34.5 Å². The molecule has 0 aromatic carbocycles. The topological polar surface area (TPSA) is 149 Å². The molecule has 0 aliphatic rings. The van der Waals surface area contributed by atoms with Crippen LogP contribution in [0.5, 0.6) is 0 Å². The van der Waals surface area contributed by atoms with E-state index >= 15 is 0 Å². The summed E-state index contributed by atoms with van der Waals surface area (Å²) in [5.41, 5.74) is 4.88. The fourth-order valence-corrected chi connectivity index (χ4v) is 3.81. The van der Waals surface area contributed by atoms with Crippen LogP contribution in [0.2, 0.25) is 0 Å². The Morgan fingerprint density at radius 1 is 1.06 bits per heavy atom. The van der Waals surface area contributed by atoms with E-state index in [1.165, 1.54) is 12.7 Å². The second kappa shape index (κ2) is 8.92. The van der Waals surface area contributed by atoms with Gasteiger partial charge in [-0.15, -0.1) is 0 Å². The Kier molecular flexibility index (Phi) is 7.12. The highest BCUT2D eigenvalue weighted by atomic mass is 31.2. The van der Waals surface area contributed by atoms with Gasteiger partial charge in [-0.05, 0) is 48.5 Å². The van der Waals surface area contributed by atoms with Gasteiger partial charge in [-0.25, -0.2) is 19.5 Å². The minimum absolute atomic E-state index is 0.255. The molecular formula is C19H30N5O6P. The fourth-order valence-electron chi connectivity index (χ4n) is 2.18. The molecule has 2 heterocycles. The molecule has 2 rings (SSSR count). The minimum atomic E-state index is -4.22. The number of fused-ring (bicyclic) bond motifs is 1. The predicted molar refractivity (Wildman–Crippen MR) is 114 cm³/mol. The SMILES string of the molecule is CC(Cn1cnc2c(N)ncnc21)OCP(=O)(OC(=O)C(C)(C)C)OC(=O)C(C)(C)C. The third kappa shape index (κ3) is 6.48. The summed E-state index contributed by atoms with van der Waals surface area (Å²) in [5.74, 6) is -1.27. The summed E-state index contributed by atoms with van der Waals surface area (Å²) in [7, 11) is -4.22. The van der Waals surface area contributed by atoms with E-state index in [0.717, 1.165) is 0 Å². The van der Waals surface area contributed by atoms with Gasteiger partial charge in [0.05, 0.1) is 29.8 Å². The van der Waals surface area contributed by atoms with Crippen molar-refractivity contribution in [3.8, 4) is 0 Å². The van der Waals surface area contributed by atoms with Crippen LogP contribution >= 0.6 is 7.60 Å². The first-order valence-corrected chi connectivity index (χ1v) is 11.5. The molecular weight excluding hydrogens is 425 g/mol. The number of aromatic nitrogens is 4. The zero-order valence-corrected chi connectivity index (χ0v) is 19.8. The summed E-state index contributed by atoms with van der Waals surface area (Å²) >= 11 is 0.